The number of aromatic nitrogens is 10. The average Bonchev–Trinajstić information content (AvgIpc) is 1.58. The summed E-state index contributed by atoms with van der Waals surface area (Å²) in [4.78, 5) is 53.6. The van der Waals surface area contributed by atoms with Crippen LogP contribution in [0.2, 0.25) is 0 Å². The maximum atomic E-state index is 6.40. The molecule has 11 nitrogen and oxygen atoms in total. The van der Waals surface area contributed by atoms with Crippen molar-refractivity contribution in [3.8, 4) is 147 Å². The minimum absolute atomic E-state index is 0.585. The number of thiol groups is 1. The summed E-state index contributed by atoms with van der Waals surface area (Å²) in [5, 5.41) is 3.14. The van der Waals surface area contributed by atoms with E-state index >= 15 is 0 Å². The van der Waals surface area contributed by atoms with Crippen molar-refractivity contribution >= 4 is 78.0 Å². The van der Waals surface area contributed by atoms with Crippen molar-refractivity contribution in [2.24, 2.45) is 0 Å². The van der Waals surface area contributed by atoms with Crippen LogP contribution >= 0.6 is 35.7 Å². The van der Waals surface area contributed by atoms with Gasteiger partial charge in [-0.05, 0) is 82.4 Å². The van der Waals surface area contributed by atoms with Crippen LogP contribution in [-0.4, -0.2) is 49.8 Å². The van der Waals surface area contributed by atoms with Crippen molar-refractivity contribution < 1.29 is 4.42 Å². The van der Waals surface area contributed by atoms with Crippen molar-refractivity contribution in [3.05, 3.63) is 370 Å². The summed E-state index contributed by atoms with van der Waals surface area (Å²) in [7, 11) is 0. The van der Waals surface area contributed by atoms with E-state index in [0.29, 0.717) is 52.2 Å². The highest BCUT2D eigenvalue weighted by atomic mass is 32.2. The van der Waals surface area contributed by atoms with Gasteiger partial charge in [-0.25, -0.2) is 49.8 Å². The van der Waals surface area contributed by atoms with Crippen LogP contribution in [-0.2, 0) is 0 Å². The molecule has 0 spiro atoms. The van der Waals surface area contributed by atoms with Crippen LogP contribution < -0.4 is 0 Å². The number of para-hydroxylation sites is 1. The van der Waals surface area contributed by atoms with Crippen molar-refractivity contribution in [2.75, 3.05) is 0 Å². The molecule has 0 aliphatic heterocycles. The Morgan fingerprint density at radius 1 is 0.286 bits per heavy atom. The Bertz CT molecular complexity index is 6780. The van der Waals surface area contributed by atoms with E-state index in [9.17, 15) is 0 Å². The lowest BCUT2D eigenvalue weighted by Crippen LogP contribution is -2.01. The number of thiophene rings is 1. The lowest BCUT2D eigenvalue weighted by Gasteiger charge is -2.15. The summed E-state index contributed by atoms with van der Waals surface area (Å²) in [5.41, 5.74) is 19.7. The fraction of sp³-hybridized carbons (Fsp3) is 0. The van der Waals surface area contributed by atoms with Gasteiger partial charge in [0.05, 0.1) is 10.6 Å². The minimum Gasteiger partial charge on any atom is -0.452 e. The molecule has 0 saturated carbocycles. The number of hydrogen-bond acceptors (Lipinski definition) is 14. The van der Waals surface area contributed by atoms with E-state index in [2.05, 4.69) is 170 Å². The second-order valence-corrected chi connectivity index (χ2v) is 29.4. The third-order valence-electron chi connectivity index (χ3n) is 19.6. The van der Waals surface area contributed by atoms with Gasteiger partial charge in [-0.3, -0.25) is 0 Å². The third kappa shape index (κ3) is 13.9. The monoisotopic (exact) mass is 1490 g/mol. The Kier molecular flexibility index (Phi) is 18.7. The molecular formula is C98H62N10OS3. The Morgan fingerprint density at radius 3 is 1.32 bits per heavy atom. The first-order valence-corrected chi connectivity index (χ1v) is 38.7. The van der Waals surface area contributed by atoms with E-state index in [-0.39, 0.29) is 0 Å². The molecule has 528 valence electrons. The van der Waals surface area contributed by atoms with Crippen molar-refractivity contribution in [3.63, 3.8) is 0 Å². The number of furan rings is 1. The standard InChI is InChI=1S/C49H29N5OS.C49H33N5S2/c1-4-15-30(16-5-1)33-21-12-22-34(29-33)47-52-46(32-19-8-3-9-20-32)53-48(54-47)37-25-14-28-40-41(37)36-24-13-26-38(45(36)56-40)49-50-42(31-17-6-2-7-18-31)44-43(51-49)35-23-10-11-27-39(35)55-44;55-42-26-14-25-41(49-53-47(36-17-7-2-8-18-36)52-48(54-49)37-19-9-3-10-20-37)44(42)39-22-13-21-38(31-39)33-27-29-34(30-28-33)45-43(56-40-23-11-4-12-24-40)32-50-46(51-45)35-15-5-1-6-16-35/h1-29H;1-32,55H. The average molecular weight is 1490 g/mol. The van der Waals surface area contributed by atoms with Gasteiger partial charge in [-0.1, -0.05) is 321 Å². The second-order valence-electron chi connectivity index (χ2n) is 26.7. The van der Waals surface area contributed by atoms with Gasteiger partial charge in [0, 0.05) is 103 Å². The highest BCUT2D eigenvalue weighted by molar-refractivity contribution is 7.99. The summed E-state index contributed by atoms with van der Waals surface area (Å²) >= 11 is 8.39. The van der Waals surface area contributed by atoms with Crippen molar-refractivity contribution in [1.82, 2.24) is 49.8 Å². The number of hydrogen-bond donors (Lipinski definition) is 1. The van der Waals surface area contributed by atoms with Gasteiger partial charge < -0.3 is 4.42 Å². The zero-order chi connectivity index (χ0) is 74.7. The summed E-state index contributed by atoms with van der Waals surface area (Å²) in [6.07, 6.45) is 1.93. The minimum atomic E-state index is 0.585. The van der Waals surface area contributed by atoms with Crippen LogP contribution in [0.5, 0.6) is 0 Å². The topological polar surface area (TPSA) is 142 Å². The lowest BCUT2D eigenvalue weighted by atomic mass is 9.95. The van der Waals surface area contributed by atoms with Crippen LogP contribution in [0.25, 0.3) is 189 Å². The summed E-state index contributed by atoms with van der Waals surface area (Å²) < 4.78 is 8.61. The second kappa shape index (κ2) is 30.6. The van der Waals surface area contributed by atoms with E-state index < -0.39 is 0 Å². The van der Waals surface area contributed by atoms with Gasteiger partial charge in [0.2, 0.25) is 0 Å². The largest absolute Gasteiger partial charge is 0.452 e. The molecule has 0 N–H and O–H groups in total. The number of rotatable bonds is 15. The first kappa shape index (κ1) is 68.5. The predicted molar refractivity (Wildman–Crippen MR) is 459 cm³/mol. The predicted octanol–water partition coefficient (Wildman–Crippen LogP) is 25.7. The maximum Gasteiger partial charge on any atom is 0.180 e. The Hall–Kier alpha value is -14.0. The van der Waals surface area contributed by atoms with Gasteiger partial charge >= 0.3 is 0 Å². The zero-order valence-corrected chi connectivity index (χ0v) is 62.4. The highest BCUT2D eigenvalue weighted by Crippen LogP contribution is 2.46. The summed E-state index contributed by atoms with van der Waals surface area (Å²) in [5.74, 6) is 5.01. The molecule has 0 amide bonds. The van der Waals surface area contributed by atoms with E-state index in [1.54, 1.807) is 23.1 Å². The Morgan fingerprint density at radius 2 is 0.696 bits per heavy atom. The fourth-order valence-corrected chi connectivity index (χ4v) is 16.6. The molecule has 6 aromatic heterocycles. The van der Waals surface area contributed by atoms with Gasteiger partial charge in [0.1, 0.15) is 16.8 Å². The molecule has 0 aliphatic carbocycles. The van der Waals surface area contributed by atoms with Crippen molar-refractivity contribution in [2.45, 2.75) is 14.7 Å². The van der Waals surface area contributed by atoms with Gasteiger partial charge in [-0.2, -0.15) is 0 Å². The normalized spacial score (nSPS) is 11.3. The van der Waals surface area contributed by atoms with Crippen LogP contribution in [0.15, 0.2) is 389 Å². The molecule has 20 rings (SSSR count). The van der Waals surface area contributed by atoms with E-state index in [0.717, 1.165) is 152 Å². The number of nitrogens with zero attached hydrogens (tertiary/aromatic N) is 10. The quantitative estimate of drug-likeness (QED) is 0.0977. The maximum absolute atomic E-state index is 6.40. The molecule has 14 heteroatoms. The molecule has 0 atom stereocenters. The summed E-state index contributed by atoms with van der Waals surface area (Å²) in [6.45, 7) is 0. The van der Waals surface area contributed by atoms with Gasteiger partial charge in [0.25, 0.3) is 0 Å². The summed E-state index contributed by atoms with van der Waals surface area (Å²) in [6, 6.07) is 124. The molecule has 0 fully saturated rings. The van der Waals surface area contributed by atoms with E-state index in [1.807, 2.05) is 200 Å². The number of fused-ring (bicyclic) bond motifs is 6. The molecule has 6 heterocycles. The van der Waals surface area contributed by atoms with Crippen LogP contribution in [0.4, 0.5) is 0 Å². The first-order valence-electron chi connectivity index (χ1n) is 36.6. The SMILES string of the molecule is Sc1cccc(-c2nc(-c3ccccc3)nc(-c3ccccc3)n2)c1-c1cccc(-c2ccc(-c3nc(-c4ccccc4)ncc3Sc3ccccc3)cc2)c1.c1ccc(-c2cccc(-c3nc(-c4ccccc4)nc(-c4cccc5sc6c(-c7nc(-c8ccccc8)c8oc9ccccc9c8n7)cccc6c45)n3)c2)cc1. The van der Waals surface area contributed by atoms with Crippen molar-refractivity contribution in [1.29, 1.82) is 0 Å². The van der Waals surface area contributed by atoms with Crippen LogP contribution in [0.1, 0.15) is 0 Å². The molecule has 112 heavy (non-hydrogen) atoms. The first-order chi connectivity index (χ1) is 55.4. The fourth-order valence-electron chi connectivity index (χ4n) is 14.2. The molecule has 0 aliphatic rings. The molecule has 14 aromatic carbocycles. The lowest BCUT2D eigenvalue weighted by molar-refractivity contribution is 0.667. The van der Waals surface area contributed by atoms with Gasteiger partial charge in [0.15, 0.2) is 52.2 Å². The van der Waals surface area contributed by atoms with Crippen LogP contribution in [0.3, 0.4) is 0 Å². The smallest absolute Gasteiger partial charge is 0.180 e. The third-order valence-corrected chi connectivity index (χ3v) is 22.2. The number of benzene rings is 14. The molecule has 20 aromatic rings. The van der Waals surface area contributed by atoms with Crippen LogP contribution in [0, 0.1) is 0 Å². The Labute approximate surface area is 659 Å². The van der Waals surface area contributed by atoms with E-state index in [1.165, 1.54) is 0 Å². The zero-order valence-electron chi connectivity index (χ0n) is 59.9. The molecule has 0 bridgehead atoms. The highest BCUT2D eigenvalue weighted by Gasteiger charge is 2.25. The van der Waals surface area contributed by atoms with Gasteiger partial charge in [-0.15, -0.1) is 24.0 Å². The Balaban J connectivity index is 0.000000151. The van der Waals surface area contributed by atoms with E-state index in [4.69, 9.17) is 66.9 Å². The molecular weight excluding hydrogens is 1430 g/mol. The molecule has 0 saturated heterocycles. The molecule has 0 unspecified atom stereocenters. The molecule has 0 radical (unpaired) electrons.